The molecular weight excluding hydrogens is 284 g/mol. The van der Waals surface area contributed by atoms with Crippen molar-refractivity contribution in [3.05, 3.63) is 35.4 Å². The van der Waals surface area contributed by atoms with E-state index in [9.17, 15) is 4.79 Å². The van der Waals surface area contributed by atoms with Crippen LogP contribution in [0.15, 0.2) is 24.3 Å². The third-order valence-electron chi connectivity index (χ3n) is 5.69. The molecule has 0 bridgehead atoms. The van der Waals surface area contributed by atoms with Crippen molar-refractivity contribution in [2.45, 2.75) is 50.9 Å². The first-order valence-electron chi connectivity index (χ1n) is 9.17. The predicted octanol–water partition coefficient (Wildman–Crippen LogP) is 3.36. The van der Waals surface area contributed by atoms with Crippen LogP contribution in [0, 0.1) is 6.92 Å². The number of nitrogens with zero attached hydrogens (tertiary/aromatic N) is 2. The van der Waals surface area contributed by atoms with Gasteiger partial charge in [-0.25, -0.2) is 0 Å². The lowest BCUT2D eigenvalue weighted by Gasteiger charge is -2.40. The smallest absolute Gasteiger partial charge is 0.233 e. The maximum absolute atomic E-state index is 13.6. The van der Waals surface area contributed by atoms with Crippen LogP contribution in [0.3, 0.4) is 0 Å². The van der Waals surface area contributed by atoms with Gasteiger partial charge in [0, 0.05) is 19.6 Å². The van der Waals surface area contributed by atoms with E-state index >= 15 is 0 Å². The van der Waals surface area contributed by atoms with Crippen LogP contribution in [0.1, 0.15) is 49.7 Å². The van der Waals surface area contributed by atoms with E-state index in [4.69, 9.17) is 0 Å². The van der Waals surface area contributed by atoms with E-state index in [1.54, 1.807) is 0 Å². The molecular formula is C20H30N2O. The molecule has 0 radical (unpaired) electrons. The highest BCUT2D eigenvalue weighted by atomic mass is 16.2. The standard InChI is InChI=1S/C20H30N2O/c1-17-8-6-9-18(16-17)20(10-4-3-5-11-20)19(23)22-13-7-12-21(2)14-15-22/h6,8-9,16H,3-5,7,10-15H2,1-2H3. The lowest BCUT2D eigenvalue weighted by atomic mass is 9.68. The number of carbonyl (C=O) groups is 1. The molecule has 1 aliphatic heterocycles. The van der Waals surface area contributed by atoms with Gasteiger partial charge in [-0.3, -0.25) is 4.79 Å². The quantitative estimate of drug-likeness (QED) is 0.835. The molecule has 3 nitrogen and oxygen atoms in total. The van der Waals surface area contributed by atoms with Crippen LogP contribution in [0.2, 0.25) is 0 Å². The molecule has 0 atom stereocenters. The first-order valence-corrected chi connectivity index (χ1v) is 9.17. The topological polar surface area (TPSA) is 23.6 Å². The normalized spacial score (nSPS) is 22.6. The molecule has 1 amide bonds. The van der Waals surface area contributed by atoms with Crippen molar-refractivity contribution < 1.29 is 4.79 Å². The number of rotatable bonds is 2. The summed E-state index contributed by atoms with van der Waals surface area (Å²) in [6.07, 6.45) is 6.74. The Balaban J connectivity index is 1.90. The summed E-state index contributed by atoms with van der Waals surface area (Å²) in [7, 11) is 2.16. The monoisotopic (exact) mass is 314 g/mol. The summed E-state index contributed by atoms with van der Waals surface area (Å²) in [4.78, 5) is 18.0. The highest BCUT2D eigenvalue weighted by Crippen LogP contribution is 2.41. The molecule has 1 saturated carbocycles. The molecule has 2 aliphatic rings. The van der Waals surface area contributed by atoms with Crippen LogP contribution in [-0.2, 0) is 10.2 Å². The molecule has 1 aromatic rings. The van der Waals surface area contributed by atoms with Crippen molar-refractivity contribution in [2.75, 3.05) is 33.2 Å². The maximum Gasteiger partial charge on any atom is 0.233 e. The van der Waals surface area contributed by atoms with Crippen LogP contribution < -0.4 is 0 Å². The van der Waals surface area contributed by atoms with Gasteiger partial charge in [-0.1, -0.05) is 49.1 Å². The average molecular weight is 314 g/mol. The van der Waals surface area contributed by atoms with Crippen molar-refractivity contribution >= 4 is 5.91 Å². The molecule has 1 aromatic carbocycles. The Kier molecular flexibility index (Phi) is 5.05. The molecule has 0 spiro atoms. The van der Waals surface area contributed by atoms with E-state index < -0.39 is 0 Å². The molecule has 3 rings (SSSR count). The summed E-state index contributed by atoms with van der Waals surface area (Å²) < 4.78 is 0. The number of hydrogen-bond donors (Lipinski definition) is 0. The van der Waals surface area contributed by atoms with Gasteiger partial charge in [-0.05, 0) is 45.3 Å². The summed E-state index contributed by atoms with van der Waals surface area (Å²) >= 11 is 0. The molecule has 126 valence electrons. The van der Waals surface area contributed by atoms with Crippen molar-refractivity contribution in [3.8, 4) is 0 Å². The lowest BCUT2D eigenvalue weighted by molar-refractivity contribution is -0.138. The summed E-state index contributed by atoms with van der Waals surface area (Å²) in [6, 6.07) is 8.67. The van der Waals surface area contributed by atoms with E-state index in [-0.39, 0.29) is 5.41 Å². The molecule has 1 heterocycles. The SMILES string of the molecule is Cc1cccc(C2(C(=O)N3CCCN(C)CC3)CCCCC2)c1. The molecule has 3 heteroatoms. The summed E-state index contributed by atoms with van der Waals surface area (Å²) in [5.74, 6) is 0.387. The Hall–Kier alpha value is -1.35. The largest absolute Gasteiger partial charge is 0.341 e. The minimum absolute atomic E-state index is 0.271. The van der Waals surface area contributed by atoms with E-state index in [1.165, 1.54) is 30.4 Å². The minimum Gasteiger partial charge on any atom is -0.341 e. The number of aryl methyl sites for hydroxylation is 1. The Morgan fingerprint density at radius 1 is 1.00 bits per heavy atom. The van der Waals surface area contributed by atoms with Crippen LogP contribution in [0.4, 0.5) is 0 Å². The van der Waals surface area contributed by atoms with Gasteiger partial charge in [-0.2, -0.15) is 0 Å². The first-order chi connectivity index (χ1) is 11.1. The van der Waals surface area contributed by atoms with E-state index in [0.717, 1.165) is 45.4 Å². The zero-order chi connectivity index (χ0) is 16.3. The van der Waals surface area contributed by atoms with Gasteiger partial charge in [0.05, 0.1) is 5.41 Å². The molecule has 0 aromatic heterocycles. The van der Waals surface area contributed by atoms with Crippen molar-refractivity contribution in [3.63, 3.8) is 0 Å². The number of benzene rings is 1. The third kappa shape index (κ3) is 3.45. The van der Waals surface area contributed by atoms with Crippen molar-refractivity contribution in [2.24, 2.45) is 0 Å². The van der Waals surface area contributed by atoms with Crippen LogP contribution in [-0.4, -0.2) is 48.9 Å². The van der Waals surface area contributed by atoms with Crippen molar-refractivity contribution in [1.29, 1.82) is 0 Å². The molecule has 0 unspecified atom stereocenters. The van der Waals surface area contributed by atoms with Crippen molar-refractivity contribution in [1.82, 2.24) is 9.80 Å². The molecule has 23 heavy (non-hydrogen) atoms. The second kappa shape index (κ2) is 7.04. The number of amides is 1. The van der Waals surface area contributed by atoms with Gasteiger partial charge in [0.1, 0.15) is 0 Å². The fourth-order valence-electron chi connectivity index (χ4n) is 4.28. The van der Waals surface area contributed by atoms with Gasteiger partial charge in [0.25, 0.3) is 0 Å². The first kappa shape index (κ1) is 16.5. The molecule has 2 fully saturated rings. The fraction of sp³-hybridized carbons (Fsp3) is 0.650. The minimum atomic E-state index is -0.271. The van der Waals surface area contributed by atoms with Gasteiger partial charge < -0.3 is 9.80 Å². The lowest BCUT2D eigenvalue weighted by Crippen LogP contribution is -2.49. The molecule has 1 saturated heterocycles. The predicted molar refractivity (Wildman–Crippen MR) is 94.6 cm³/mol. The fourth-order valence-corrected chi connectivity index (χ4v) is 4.28. The summed E-state index contributed by atoms with van der Waals surface area (Å²) in [5.41, 5.74) is 2.24. The Morgan fingerprint density at radius 2 is 1.78 bits per heavy atom. The van der Waals surface area contributed by atoms with Gasteiger partial charge in [0.15, 0.2) is 0 Å². The van der Waals surface area contributed by atoms with Crippen LogP contribution >= 0.6 is 0 Å². The number of hydrogen-bond acceptors (Lipinski definition) is 2. The molecule has 0 N–H and O–H groups in total. The van der Waals surface area contributed by atoms with Gasteiger partial charge in [-0.15, -0.1) is 0 Å². The highest BCUT2D eigenvalue weighted by Gasteiger charge is 2.43. The molecule has 1 aliphatic carbocycles. The van der Waals surface area contributed by atoms with E-state index in [0.29, 0.717) is 5.91 Å². The van der Waals surface area contributed by atoms with Crippen LogP contribution in [0.25, 0.3) is 0 Å². The highest BCUT2D eigenvalue weighted by molar-refractivity contribution is 5.88. The van der Waals surface area contributed by atoms with Gasteiger partial charge >= 0.3 is 0 Å². The second-order valence-electron chi connectivity index (χ2n) is 7.46. The Bertz CT molecular complexity index is 548. The van der Waals surface area contributed by atoms with E-state index in [2.05, 4.69) is 48.0 Å². The summed E-state index contributed by atoms with van der Waals surface area (Å²) in [6.45, 7) is 6.02. The second-order valence-corrected chi connectivity index (χ2v) is 7.46. The number of carbonyl (C=O) groups excluding carboxylic acids is 1. The zero-order valence-electron chi connectivity index (χ0n) is 14.7. The van der Waals surface area contributed by atoms with Gasteiger partial charge in [0.2, 0.25) is 5.91 Å². The third-order valence-corrected chi connectivity index (χ3v) is 5.69. The zero-order valence-corrected chi connectivity index (χ0v) is 14.7. The average Bonchev–Trinajstić information content (AvgIpc) is 2.79. The maximum atomic E-state index is 13.6. The Morgan fingerprint density at radius 3 is 2.52 bits per heavy atom. The van der Waals surface area contributed by atoms with Crippen LogP contribution in [0.5, 0.6) is 0 Å². The van der Waals surface area contributed by atoms with E-state index in [1.807, 2.05) is 0 Å². The Labute approximate surface area is 140 Å². The number of likely N-dealkylation sites (N-methyl/N-ethyl adjacent to an activating group) is 1. The summed E-state index contributed by atoms with van der Waals surface area (Å²) in [5, 5.41) is 0.